The topological polar surface area (TPSA) is 24.8 Å². The van der Waals surface area contributed by atoms with Crippen molar-refractivity contribution in [1.29, 1.82) is 0 Å². The molecule has 3 heteroatoms. The molecule has 3 aliphatic rings. The summed E-state index contributed by atoms with van der Waals surface area (Å²) in [7, 11) is 0. The highest BCUT2D eigenvalue weighted by Gasteiger charge is 2.39. The SMILES string of the molecule is Cc1cc2c(cc1/N=C/N1CCCC1)CCOC21CCCCC1. The molecule has 1 saturated carbocycles. The Balaban J connectivity index is 1.64. The van der Waals surface area contributed by atoms with Gasteiger partial charge in [-0.05, 0) is 61.8 Å². The Bertz CT molecular complexity index is 596. The van der Waals surface area contributed by atoms with Gasteiger partial charge in [-0.2, -0.15) is 0 Å². The van der Waals surface area contributed by atoms with E-state index in [4.69, 9.17) is 9.73 Å². The van der Waals surface area contributed by atoms with Gasteiger partial charge in [0.2, 0.25) is 0 Å². The molecule has 2 fully saturated rings. The van der Waals surface area contributed by atoms with Crippen LogP contribution in [-0.2, 0) is 16.8 Å². The third-order valence-electron chi connectivity index (χ3n) is 5.82. The second kappa shape index (κ2) is 6.27. The molecule has 1 saturated heterocycles. The first kappa shape index (κ1) is 15.2. The average Bonchev–Trinajstić information content (AvgIpc) is 3.08. The molecule has 0 bridgehead atoms. The highest BCUT2D eigenvalue weighted by Crippen LogP contribution is 2.45. The Kier molecular flexibility index (Phi) is 4.14. The number of benzene rings is 1. The lowest BCUT2D eigenvalue weighted by molar-refractivity contribution is -0.0847. The van der Waals surface area contributed by atoms with E-state index in [2.05, 4.69) is 30.3 Å². The number of likely N-dealkylation sites (tertiary alicyclic amines) is 1. The minimum absolute atomic E-state index is 0.00773. The van der Waals surface area contributed by atoms with Crippen molar-refractivity contribution in [3.63, 3.8) is 0 Å². The predicted molar refractivity (Wildman–Crippen MR) is 94.6 cm³/mol. The van der Waals surface area contributed by atoms with E-state index in [1.54, 1.807) is 0 Å². The van der Waals surface area contributed by atoms with E-state index in [9.17, 15) is 0 Å². The van der Waals surface area contributed by atoms with E-state index < -0.39 is 0 Å². The molecule has 2 aliphatic heterocycles. The molecule has 0 amide bonds. The van der Waals surface area contributed by atoms with E-state index in [0.717, 1.165) is 31.8 Å². The zero-order valence-electron chi connectivity index (χ0n) is 14.3. The molecule has 0 unspecified atom stereocenters. The summed E-state index contributed by atoms with van der Waals surface area (Å²) in [5, 5.41) is 0. The molecule has 1 aromatic rings. The normalized spacial score (nSPS) is 23.6. The fourth-order valence-electron chi connectivity index (χ4n) is 4.48. The largest absolute Gasteiger partial charge is 0.370 e. The van der Waals surface area contributed by atoms with Crippen molar-refractivity contribution in [3.05, 3.63) is 28.8 Å². The van der Waals surface area contributed by atoms with Gasteiger partial charge in [0.05, 0.1) is 24.2 Å². The van der Waals surface area contributed by atoms with Crippen LogP contribution in [0, 0.1) is 6.92 Å². The number of nitrogens with zero attached hydrogens (tertiary/aromatic N) is 2. The first-order chi connectivity index (χ1) is 11.3. The Morgan fingerprint density at radius 2 is 1.87 bits per heavy atom. The number of hydrogen-bond donors (Lipinski definition) is 0. The van der Waals surface area contributed by atoms with Crippen LogP contribution in [0.3, 0.4) is 0 Å². The molecule has 3 nitrogen and oxygen atoms in total. The van der Waals surface area contributed by atoms with Crippen LogP contribution in [0.1, 0.15) is 61.6 Å². The summed E-state index contributed by atoms with van der Waals surface area (Å²) >= 11 is 0. The average molecular weight is 312 g/mol. The summed E-state index contributed by atoms with van der Waals surface area (Å²) in [6, 6.07) is 4.70. The van der Waals surface area contributed by atoms with Crippen LogP contribution in [0.15, 0.2) is 17.1 Å². The van der Waals surface area contributed by atoms with Gasteiger partial charge in [-0.15, -0.1) is 0 Å². The lowest BCUT2D eigenvalue weighted by atomic mass is 9.75. The number of ether oxygens (including phenoxy) is 1. The van der Waals surface area contributed by atoms with Crippen LogP contribution in [-0.4, -0.2) is 30.9 Å². The van der Waals surface area contributed by atoms with Crippen molar-refractivity contribution < 1.29 is 4.74 Å². The quantitative estimate of drug-likeness (QED) is 0.594. The van der Waals surface area contributed by atoms with Gasteiger partial charge >= 0.3 is 0 Å². The van der Waals surface area contributed by atoms with Crippen LogP contribution < -0.4 is 0 Å². The third kappa shape index (κ3) is 2.91. The van der Waals surface area contributed by atoms with E-state index in [-0.39, 0.29) is 5.60 Å². The predicted octanol–water partition coefficient (Wildman–Crippen LogP) is 4.48. The van der Waals surface area contributed by atoms with Gasteiger partial charge < -0.3 is 9.64 Å². The fraction of sp³-hybridized carbons (Fsp3) is 0.650. The van der Waals surface area contributed by atoms with E-state index in [1.807, 2.05) is 0 Å². The summed E-state index contributed by atoms with van der Waals surface area (Å²) in [5.74, 6) is 0. The molecule has 1 aromatic carbocycles. The number of aryl methyl sites for hydroxylation is 1. The van der Waals surface area contributed by atoms with Gasteiger partial charge in [-0.1, -0.05) is 25.3 Å². The summed E-state index contributed by atoms with van der Waals surface area (Å²) in [6.45, 7) is 5.38. The molecule has 0 N–H and O–H groups in total. The smallest absolute Gasteiger partial charge is 0.0934 e. The third-order valence-corrected chi connectivity index (χ3v) is 5.82. The molecule has 1 aliphatic carbocycles. The number of fused-ring (bicyclic) bond motifs is 2. The van der Waals surface area contributed by atoms with Crippen LogP contribution in [0.4, 0.5) is 5.69 Å². The zero-order valence-corrected chi connectivity index (χ0v) is 14.3. The lowest BCUT2D eigenvalue weighted by Gasteiger charge is -2.42. The van der Waals surface area contributed by atoms with Gasteiger partial charge in [0.25, 0.3) is 0 Å². The van der Waals surface area contributed by atoms with E-state index in [0.29, 0.717) is 0 Å². The summed E-state index contributed by atoms with van der Waals surface area (Å²) in [5.41, 5.74) is 5.37. The molecule has 0 aromatic heterocycles. The molecule has 4 rings (SSSR count). The van der Waals surface area contributed by atoms with Crippen molar-refractivity contribution >= 4 is 12.0 Å². The van der Waals surface area contributed by atoms with Gasteiger partial charge in [0.15, 0.2) is 0 Å². The van der Waals surface area contributed by atoms with Crippen molar-refractivity contribution in [2.75, 3.05) is 19.7 Å². The van der Waals surface area contributed by atoms with Gasteiger partial charge in [-0.3, -0.25) is 0 Å². The van der Waals surface area contributed by atoms with Crippen LogP contribution in [0.25, 0.3) is 0 Å². The Labute approximate surface area is 139 Å². The van der Waals surface area contributed by atoms with Crippen LogP contribution in [0.5, 0.6) is 0 Å². The van der Waals surface area contributed by atoms with Gasteiger partial charge in [0, 0.05) is 13.1 Å². The van der Waals surface area contributed by atoms with Crippen molar-refractivity contribution in [3.8, 4) is 0 Å². The van der Waals surface area contributed by atoms with Crippen molar-refractivity contribution in [1.82, 2.24) is 4.90 Å². The Morgan fingerprint density at radius 1 is 1.09 bits per heavy atom. The lowest BCUT2D eigenvalue weighted by Crippen LogP contribution is -2.37. The Hall–Kier alpha value is -1.35. The Morgan fingerprint density at radius 3 is 2.65 bits per heavy atom. The highest BCUT2D eigenvalue weighted by molar-refractivity contribution is 5.65. The first-order valence-corrected chi connectivity index (χ1v) is 9.33. The van der Waals surface area contributed by atoms with Gasteiger partial charge in [0.1, 0.15) is 0 Å². The van der Waals surface area contributed by atoms with E-state index >= 15 is 0 Å². The summed E-state index contributed by atoms with van der Waals surface area (Å²) in [6.07, 6.45) is 12.0. The zero-order chi connectivity index (χ0) is 15.7. The minimum Gasteiger partial charge on any atom is -0.370 e. The molecule has 1 spiro atoms. The van der Waals surface area contributed by atoms with Crippen molar-refractivity contribution in [2.45, 2.75) is 63.9 Å². The number of rotatable bonds is 2. The molecule has 23 heavy (non-hydrogen) atoms. The second-order valence-electron chi connectivity index (χ2n) is 7.44. The molecular formula is C20H28N2O. The first-order valence-electron chi connectivity index (χ1n) is 9.33. The minimum atomic E-state index is 0.00773. The highest BCUT2D eigenvalue weighted by atomic mass is 16.5. The maximum Gasteiger partial charge on any atom is 0.0934 e. The second-order valence-corrected chi connectivity index (χ2v) is 7.44. The fourth-order valence-corrected chi connectivity index (χ4v) is 4.48. The molecule has 0 radical (unpaired) electrons. The van der Waals surface area contributed by atoms with Gasteiger partial charge in [-0.25, -0.2) is 4.99 Å². The maximum atomic E-state index is 6.32. The molecular weight excluding hydrogens is 284 g/mol. The van der Waals surface area contributed by atoms with Crippen molar-refractivity contribution in [2.24, 2.45) is 4.99 Å². The number of hydrogen-bond acceptors (Lipinski definition) is 2. The molecule has 2 heterocycles. The molecule has 0 atom stereocenters. The molecule has 124 valence electrons. The summed E-state index contributed by atoms with van der Waals surface area (Å²) < 4.78 is 6.32. The van der Waals surface area contributed by atoms with Crippen LogP contribution in [0.2, 0.25) is 0 Å². The van der Waals surface area contributed by atoms with E-state index in [1.165, 1.54) is 61.6 Å². The number of aliphatic imine (C=N–C) groups is 1. The summed E-state index contributed by atoms with van der Waals surface area (Å²) in [4.78, 5) is 7.13. The van der Waals surface area contributed by atoms with Crippen LogP contribution >= 0.6 is 0 Å². The monoisotopic (exact) mass is 312 g/mol. The maximum absolute atomic E-state index is 6.32. The standard InChI is InChI=1S/C20H28N2O/c1-16-13-18-17(7-12-23-20(18)8-3-2-4-9-20)14-19(16)21-15-22-10-5-6-11-22/h13-15H,2-12H2,1H3/b21-15+.